The van der Waals surface area contributed by atoms with Crippen molar-refractivity contribution in [3.63, 3.8) is 0 Å². The molecule has 13 nitrogen and oxygen atoms in total. The van der Waals surface area contributed by atoms with Crippen LogP contribution >= 0.6 is 0 Å². The highest BCUT2D eigenvalue weighted by Crippen LogP contribution is 2.09. The number of hydrogen-bond donors (Lipinski definition) is 3. The average molecular weight is 549 g/mol. The summed E-state index contributed by atoms with van der Waals surface area (Å²) in [7, 11) is 0. The minimum Gasteiger partial charge on any atom is -0.478 e. The van der Waals surface area contributed by atoms with Crippen LogP contribution in [-0.4, -0.2) is 53.5 Å². The van der Waals surface area contributed by atoms with E-state index in [9.17, 15) is 0 Å². The van der Waals surface area contributed by atoms with Crippen LogP contribution in [0.5, 0.6) is 0 Å². The second kappa shape index (κ2) is 19.0. The normalized spacial score (nSPS) is 9.61. The summed E-state index contributed by atoms with van der Waals surface area (Å²) in [6.45, 7) is 2.39. The van der Waals surface area contributed by atoms with Gasteiger partial charge in [-0.15, -0.1) is 5.10 Å². The van der Waals surface area contributed by atoms with E-state index in [-0.39, 0.29) is 5.90 Å². The third-order valence-electron chi connectivity index (χ3n) is 4.58. The molecular formula is C28H28N12O. The maximum atomic E-state index is 8.26. The number of amidine groups is 1. The molecule has 5 N–H and O–H groups in total. The standard InChI is InChI=1S/C8H6N4.C8H10N2O.C6H8N4.C6H4N2/c1-3-9-4-2-7(1)8-10-5-6-11-12-8;1-2-11-8(9)7-3-5-10-6-4-7;7-6(10-8)5-1-3-9-4-2-5;7-5-6-1-3-8-4-2-6/h1-6H;3-6,9H,2H2,1H3;1-4H,8H2,(H2,7,10);1-4H. The van der Waals surface area contributed by atoms with Crippen LogP contribution in [0.15, 0.2) is 116 Å². The Morgan fingerprint density at radius 1 is 0.805 bits per heavy atom. The SMILES string of the molecule is CCOC(=N)c1ccncc1.N#Cc1ccncc1.NN=C(N)c1ccncc1.c1cc(-c2nccnn2)ccn1. The van der Waals surface area contributed by atoms with Crippen molar-refractivity contribution in [2.75, 3.05) is 6.61 Å². The van der Waals surface area contributed by atoms with E-state index in [1.165, 1.54) is 0 Å². The van der Waals surface area contributed by atoms with Crippen molar-refractivity contribution in [1.82, 2.24) is 35.1 Å². The Labute approximate surface area is 237 Å². The molecular weight excluding hydrogens is 520 g/mol. The highest BCUT2D eigenvalue weighted by molar-refractivity contribution is 5.97. The number of nitriles is 1. The largest absolute Gasteiger partial charge is 0.478 e. The molecule has 13 heteroatoms. The van der Waals surface area contributed by atoms with Gasteiger partial charge in [0.2, 0.25) is 5.90 Å². The minimum atomic E-state index is 0.204. The van der Waals surface area contributed by atoms with Crippen molar-refractivity contribution in [3.05, 3.63) is 127 Å². The van der Waals surface area contributed by atoms with E-state index in [2.05, 4.69) is 40.2 Å². The van der Waals surface area contributed by atoms with Gasteiger partial charge in [0.25, 0.3) is 0 Å². The van der Waals surface area contributed by atoms with E-state index in [4.69, 9.17) is 27.0 Å². The lowest BCUT2D eigenvalue weighted by molar-refractivity contribution is 0.325. The smallest absolute Gasteiger partial charge is 0.213 e. The Balaban J connectivity index is 0.000000193. The third-order valence-corrected chi connectivity index (χ3v) is 4.58. The molecule has 0 bridgehead atoms. The minimum absolute atomic E-state index is 0.204. The molecule has 0 spiro atoms. The van der Waals surface area contributed by atoms with Gasteiger partial charge in [-0.25, -0.2) is 4.98 Å². The van der Waals surface area contributed by atoms with E-state index in [1.54, 1.807) is 98.4 Å². The highest BCUT2D eigenvalue weighted by Gasteiger charge is 1.98. The topological polar surface area (TPSA) is 211 Å². The number of nitrogens with one attached hydrogen (secondary N) is 1. The molecule has 5 aromatic heterocycles. The van der Waals surface area contributed by atoms with Crippen molar-refractivity contribution in [1.29, 1.82) is 10.7 Å². The Bertz CT molecular complexity index is 1430. The first kappa shape index (κ1) is 31.1. The molecule has 5 rings (SSSR count). The molecule has 0 radical (unpaired) electrons. The fourth-order valence-electron chi connectivity index (χ4n) is 2.64. The number of rotatable bonds is 4. The van der Waals surface area contributed by atoms with Crippen LogP contribution in [0, 0.1) is 16.7 Å². The molecule has 0 aliphatic heterocycles. The van der Waals surface area contributed by atoms with Gasteiger partial charge in [0.15, 0.2) is 5.82 Å². The first-order chi connectivity index (χ1) is 20.1. The van der Waals surface area contributed by atoms with Gasteiger partial charge in [-0.1, -0.05) is 0 Å². The van der Waals surface area contributed by atoms with E-state index < -0.39 is 0 Å². The Kier molecular flexibility index (Phi) is 14.4. The molecule has 0 saturated carbocycles. The van der Waals surface area contributed by atoms with Gasteiger partial charge in [0.1, 0.15) is 5.84 Å². The zero-order chi connectivity index (χ0) is 29.5. The fourth-order valence-corrected chi connectivity index (χ4v) is 2.64. The van der Waals surface area contributed by atoms with Crippen LogP contribution in [0.25, 0.3) is 11.4 Å². The van der Waals surface area contributed by atoms with E-state index in [0.717, 1.165) is 16.7 Å². The van der Waals surface area contributed by atoms with Crippen LogP contribution in [0.1, 0.15) is 23.6 Å². The molecule has 0 aromatic carbocycles. The van der Waals surface area contributed by atoms with E-state index in [0.29, 0.717) is 23.8 Å². The van der Waals surface area contributed by atoms with Gasteiger partial charge in [-0.3, -0.25) is 25.3 Å². The van der Waals surface area contributed by atoms with Crippen LogP contribution in [0.4, 0.5) is 0 Å². The monoisotopic (exact) mass is 548 g/mol. The van der Waals surface area contributed by atoms with Crippen molar-refractivity contribution in [2.24, 2.45) is 16.7 Å². The van der Waals surface area contributed by atoms with E-state index >= 15 is 0 Å². The molecule has 206 valence electrons. The third kappa shape index (κ3) is 12.3. The Morgan fingerprint density at radius 2 is 1.32 bits per heavy atom. The quantitative estimate of drug-likeness (QED) is 0.128. The first-order valence-corrected chi connectivity index (χ1v) is 12.0. The first-order valence-electron chi connectivity index (χ1n) is 12.0. The van der Waals surface area contributed by atoms with Crippen molar-refractivity contribution in [2.45, 2.75) is 6.92 Å². The van der Waals surface area contributed by atoms with Crippen molar-refractivity contribution >= 4 is 11.7 Å². The van der Waals surface area contributed by atoms with Gasteiger partial charge in [0, 0.05) is 72.5 Å². The summed E-state index contributed by atoms with van der Waals surface area (Å²) in [6.07, 6.45) is 16.3. The van der Waals surface area contributed by atoms with Gasteiger partial charge in [-0.2, -0.15) is 15.5 Å². The predicted molar refractivity (Wildman–Crippen MR) is 154 cm³/mol. The lowest BCUT2D eigenvalue weighted by Crippen LogP contribution is -2.15. The summed E-state index contributed by atoms with van der Waals surface area (Å²) in [5.41, 5.74) is 8.53. The molecule has 0 aliphatic rings. The average Bonchev–Trinajstić information content (AvgIpc) is 3.07. The number of hydrogen-bond acceptors (Lipinski definition) is 12. The maximum absolute atomic E-state index is 8.26. The maximum Gasteiger partial charge on any atom is 0.213 e. The lowest BCUT2D eigenvalue weighted by Gasteiger charge is -2.02. The molecule has 5 heterocycles. The Morgan fingerprint density at radius 3 is 1.76 bits per heavy atom. The molecule has 0 fully saturated rings. The second-order valence-corrected chi connectivity index (χ2v) is 7.30. The van der Waals surface area contributed by atoms with Crippen LogP contribution in [0.3, 0.4) is 0 Å². The van der Waals surface area contributed by atoms with Gasteiger partial charge in [0.05, 0.1) is 24.4 Å². The summed E-state index contributed by atoms with van der Waals surface area (Å²) < 4.78 is 4.98. The summed E-state index contributed by atoms with van der Waals surface area (Å²) in [4.78, 5) is 19.3. The summed E-state index contributed by atoms with van der Waals surface area (Å²) in [6, 6.07) is 16.0. The summed E-state index contributed by atoms with van der Waals surface area (Å²) in [5, 5.41) is 26.6. The zero-order valence-electron chi connectivity index (χ0n) is 22.2. The van der Waals surface area contributed by atoms with Crippen LogP contribution < -0.4 is 11.6 Å². The molecule has 0 amide bonds. The number of ether oxygens (including phenoxy) is 1. The van der Waals surface area contributed by atoms with Crippen molar-refractivity contribution in [3.8, 4) is 17.5 Å². The molecule has 0 atom stereocenters. The van der Waals surface area contributed by atoms with Gasteiger partial charge < -0.3 is 16.3 Å². The van der Waals surface area contributed by atoms with E-state index in [1.807, 2.05) is 25.1 Å². The van der Waals surface area contributed by atoms with Gasteiger partial charge >= 0.3 is 0 Å². The Hall–Kier alpha value is -6.16. The van der Waals surface area contributed by atoms with Crippen LogP contribution in [0.2, 0.25) is 0 Å². The number of aromatic nitrogens is 7. The molecule has 0 saturated heterocycles. The number of hydrazone groups is 1. The van der Waals surface area contributed by atoms with Crippen molar-refractivity contribution < 1.29 is 4.74 Å². The number of nitrogens with zero attached hydrogens (tertiary/aromatic N) is 9. The highest BCUT2D eigenvalue weighted by atomic mass is 16.5. The zero-order valence-corrected chi connectivity index (χ0v) is 22.2. The molecule has 5 aromatic rings. The molecule has 0 aliphatic carbocycles. The van der Waals surface area contributed by atoms with Gasteiger partial charge in [-0.05, 0) is 55.5 Å². The molecule has 41 heavy (non-hydrogen) atoms. The molecule has 0 unspecified atom stereocenters. The lowest BCUT2D eigenvalue weighted by atomic mass is 10.2. The summed E-state index contributed by atoms with van der Waals surface area (Å²) in [5.74, 6) is 6.10. The predicted octanol–water partition coefficient (Wildman–Crippen LogP) is 2.99. The van der Waals surface area contributed by atoms with Crippen LogP contribution in [-0.2, 0) is 4.74 Å². The number of nitrogens with two attached hydrogens (primary N) is 2. The second-order valence-electron chi connectivity index (χ2n) is 7.30. The fraction of sp³-hybridized carbons (Fsp3) is 0.0714. The number of pyridine rings is 4. The summed E-state index contributed by atoms with van der Waals surface area (Å²) >= 11 is 0.